The molecule has 0 saturated heterocycles. The van der Waals surface area contributed by atoms with Crippen LogP contribution >= 0.6 is 11.8 Å². The Morgan fingerprint density at radius 3 is 3.00 bits per heavy atom. The largest absolute Gasteiger partial charge is 0.309 e. The van der Waals surface area contributed by atoms with Crippen molar-refractivity contribution in [2.75, 3.05) is 17.3 Å². The van der Waals surface area contributed by atoms with Gasteiger partial charge in [0.15, 0.2) is 5.82 Å². The number of carbonyl (C=O) groups is 1. The summed E-state index contributed by atoms with van der Waals surface area (Å²) >= 11 is 1.84. The summed E-state index contributed by atoms with van der Waals surface area (Å²) in [6, 6.07) is 0. The molecule has 0 aromatic carbocycles. The molecule has 0 unspecified atom stereocenters. The molecule has 4 nitrogen and oxygen atoms in total. The minimum absolute atomic E-state index is 0.106. The molecule has 100 valence electrons. The summed E-state index contributed by atoms with van der Waals surface area (Å²) in [6.07, 6.45) is 4.83. The van der Waals surface area contributed by atoms with E-state index in [9.17, 15) is 4.79 Å². The molecule has 1 amide bonds. The summed E-state index contributed by atoms with van der Waals surface area (Å²) in [4.78, 5) is 11.7. The molecule has 1 aliphatic heterocycles. The maximum atomic E-state index is 11.7. The number of anilines is 1. The Bertz CT molecular complexity index is 442. The second-order valence-electron chi connectivity index (χ2n) is 4.80. The fraction of sp³-hybridized carbons (Fsp3) is 0.692. The molecule has 0 aliphatic carbocycles. The van der Waals surface area contributed by atoms with Crippen molar-refractivity contribution < 1.29 is 4.79 Å². The fourth-order valence-corrected chi connectivity index (χ4v) is 3.11. The number of carbonyl (C=O) groups excluding carboxylic acids is 1. The molecule has 1 aromatic rings. The van der Waals surface area contributed by atoms with E-state index in [4.69, 9.17) is 0 Å². The van der Waals surface area contributed by atoms with Crippen molar-refractivity contribution in [2.45, 2.75) is 45.6 Å². The highest BCUT2D eigenvalue weighted by molar-refractivity contribution is 7.98. The summed E-state index contributed by atoms with van der Waals surface area (Å²) in [5.41, 5.74) is 2.48. The number of fused-ring (bicyclic) bond motifs is 1. The first-order valence-corrected chi connectivity index (χ1v) is 7.92. The summed E-state index contributed by atoms with van der Waals surface area (Å²) in [6.45, 7) is 5.18. The van der Waals surface area contributed by atoms with E-state index in [-0.39, 0.29) is 5.91 Å². The predicted molar refractivity (Wildman–Crippen MR) is 76.2 cm³/mol. The highest BCUT2D eigenvalue weighted by Crippen LogP contribution is 2.36. The van der Waals surface area contributed by atoms with E-state index in [2.05, 4.69) is 30.5 Å². The van der Waals surface area contributed by atoms with Gasteiger partial charge in [-0.15, -0.1) is 0 Å². The minimum Gasteiger partial charge on any atom is -0.309 e. The summed E-state index contributed by atoms with van der Waals surface area (Å²) < 4.78 is 2.03. The summed E-state index contributed by atoms with van der Waals surface area (Å²) in [5.74, 6) is 2.33. The molecule has 18 heavy (non-hydrogen) atoms. The van der Waals surface area contributed by atoms with Gasteiger partial charge in [-0.1, -0.05) is 6.92 Å². The van der Waals surface area contributed by atoms with Crippen LogP contribution in [0.1, 0.15) is 43.4 Å². The Hall–Kier alpha value is -0.970. The standard InChI is InChI=1S/C13H21N3OS/c1-4-6-16-9(2)12-10(5-7-18-3)8-11(17)14-13(12)15-16/h10H,4-8H2,1-3H3,(H,14,15,17)/t10-/m1/s1. The van der Waals surface area contributed by atoms with E-state index in [0.717, 1.165) is 31.0 Å². The maximum absolute atomic E-state index is 11.7. The van der Waals surface area contributed by atoms with Gasteiger partial charge in [0.25, 0.3) is 0 Å². The lowest BCUT2D eigenvalue weighted by molar-refractivity contribution is -0.116. The maximum Gasteiger partial charge on any atom is 0.226 e. The molecule has 1 aliphatic rings. The number of amides is 1. The van der Waals surface area contributed by atoms with Crippen LogP contribution in [0.4, 0.5) is 5.82 Å². The molecule has 0 fully saturated rings. The van der Waals surface area contributed by atoms with Gasteiger partial charge in [-0.05, 0) is 37.7 Å². The first kappa shape index (κ1) is 13.5. The molecule has 0 radical (unpaired) electrons. The van der Waals surface area contributed by atoms with Crippen molar-refractivity contribution in [2.24, 2.45) is 0 Å². The molecular formula is C13H21N3OS. The van der Waals surface area contributed by atoms with Gasteiger partial charge in [-0.2, -0.15) is 16.9 Å². The Kier molecular flexibility index (Phi) is 4.32. The summed E-state index contributed by atoms with van der Waals surface area (Å²) in [5, 5.41) is 7.43. The van der Waals surface area contributed by atoms with Crippen molar-refractivity contribution in [1.29, 1.82) is 0 Å². The van der Waals surface area contributed by atoms with Crippen LogP contribution < -0.4 is 5.32 Å². The molecular weight excluding hydrogens is 246 g/mol. The van der Waals surface area contributed by atoms with Crippen molar-refractivity contribution in [3.63, 3.8) is 0 Å². The van der Waals surface area contributed by atoms with Crippen LogP contribution in [0.25, 0.3) is 0 Å². The molecule has 1 atom stereocenters. The molecule has 2 rings (SSSR count). The first-order chi connectivity index (χ1) is 8.67. The number of rotatable bonds is 5. The molecule has 0 saturated carbocycles. The first-order valence-electron chi connectivity index (χ1n) is 6.53. The second kappa shape index (κ2) is 5.78. The summed E-state index contributed by atoms with van der Waals surface area (Å²) in [7, 11) is 0. The number of aromatic nitrogens is 2. The smallest absolute Gasteiger partial charge is 0.226 e. The zero-order chi connectivity index (χ0) is 13.1. The van der Waals surface area contributed by atoms with Crippen LogP contribution in [-0.4, -0.2) is 27.7 Å². The second-order valence-corrected chi connectivity index (χ2v) is 5.79. The highest BCUT2D eigenvalue weighted by atomic mass is 32.2. The predicted octanol–water partition coefficient (Wildman–Crippen LogP) is 2.78. The zero-order valence-corrected chi connectivity index (χ0v) is 12.1. The van der Waals surface area contributed by atoms with Gasteiger partial charge >= 0.3 is 0 Å². The SMILES string of the molecule is CCCn1nc2c(c1C)[C@H](CCSC)CC(=O)N2. The van der Waals surface area contributed by atoms with Crippen molar-refractivity contribution in [3.05, 3.63) is 11.3 Å². The number of nitrogens with zero attached hydrogens (tertiary/aromatic N) is 2. The van der Waals surface area contributed by atoms with Crippen molar-refractivity contribution >= 4 is 23.5 Å². The van der Waals surface area contributed by atoms with E-state index >= 15 is 0 Å². The van der Waals surface area contributed by atoms with Gasteiger partial charge < -0.3 is 5.32 Å². The fourth-order valence-electron chi connectivity index (χ4n) is 2.59. The van der Waals surface area contributed by atoms with E-state index < -0.39 is 0 Å². The quantitative estimate of drug-likeness (QED) is 0.892. The molecule has 2 heterocycles. The van der Waals surface area contributed by atoms with Gasteiger partial charge in [0.05, 0.1) is 0 Å². The third kappa shape index (κ3) is 2.55. The molecule has 1 N–H and O–H groups in total. The molecule has 0 spiro atoms. The molecule has 1 aromatic heterocycles. The van der Waals surface area contributed by atoms with Crippen LogP contribution in [0.3, 0.4) is 0 Å². The van der Waals surface area contributed by atoms with Crippen LogP contribution in [0.5, 0.6) is 0 Å². The Labute approximate surface area is 113 Å². The van der Waals surface area contributed by atoms with E-state index in [1.165, 1.54) is 11.3 Å². The minimum atomic E-state index is 0.106. The van der Waals surface area contributed by atoms with Crippen molar-refractivity contribution in [3.8, 4) is 0 Å². The van der Waals surface area contributed by atoms with E-state index in [1.807, 2.05) is 16.4 Å². The lowest BCUT2D eigenvalue weighted by Crippen LogP contribution is -2.23. The Morgan fingerprint density at radius 1 is 1.56 bits per heavy atom. The topological polar surface area (TPSA) is 46.9 Å². The van der Waals surface area contributed by atoms with Crippen molar-refractivity contribution in [1.82, 2.24) is 9.78 Å². The third-order valence-corrected chi connectivity index (χ3v) is 4.10. The lowest BCUT2D eigenvalue weighted by Gasteiger charge is -2.22. The number of aryl methyl sites for hydroxylation is 1. The normalized spacial score (nSPS) is 18.6. The van der Waals surface area contributed by atoms with Gasteiger partial charge in [-0.3, -0.25) is 9.48 Å². The number of nitrogens with one attached hydrogen (secondary N) is 1. The Balaban J connectivity index is 2.30. The van der Waals surface area contributed by atoms with Gasteiger partial charge in [0.2, 0.25) is 5.91 Å². The number of thioether (sulfide) groups is 1. The average molecular weight is 267 g/mol. The van der Waals surface area contributed by atoms with Gasteiger partial charge in [0, 0.05) is 24.2 Å². The average Bonchev–Trinajstić information content (AvgIpc) is 2.64. The lowest BCUT2D eigenvalue weighted by atomic mass is 9.90. The zero-order valence-electron chi connectivity index (χ0n) is 11.3. The van der Waals surface area contributed by atoms with Crippen LogP contribution in [0.2, 0.25) is 0 Å². The van der Waals surface area contributed by atoms with Crippen LogP contribution in [-0.2, 0) is 11.3 Å². The number of hydrogen-bond donors (Lipinski definition) is 1. The van der Waals surface area contributed by atoms with E-state index in [0.29, 0.717) is 12.3 Å². The highest BCUT2D eigenvalue weighted by Gasteiger charge is 2.30. The van der Waals surface area contributed by atoms with Gasteiger partial charge in [0.1, 0.15) is 0 Å². The molecule has 5 heteroatoms. The monoisotopic (exact) mass is 267 g/mol. The molecule has 0 bridgehead atoms. The van der Waals surface area contributed by atoms with Crippen LogP contribution in [0, 0.1) is 6.92 Å². The van der Waals surface area contributed by atoms with Gasteiger partial charge in [-0.25, -0.2) is 0 Å². The third-order valence-electron chi connectivity index (χ3n) is 3.46. The Morgan fingerprint density at radius 2 is 2.33 bits per heavy atom. The van der Waals surface area contributed by atoms with Crippen LogP contribution in [0.15, 0.2) is 0 Å². The number of hydrogen-bond acceptors (Lipinski definition) is 3. The van der Waals surface area contributed by atoms with E-state index in [1.54, 1.807) is 0 Å².